The van der Waals surface area contributed by atoms with E-state index in [-0.39, 0.29) is 23.6 Å². The van der Waals surface area contributed by atoms with E-state index in [4.69, 9.17) is 9.40 Å². The molecule has 32 heavy (non-hydrogen) atoms. The predicted molar refractivity (Wildman–Crippen MR) is 117 cm³/mol. The Kier molecular flexibility index (Phi) is 4.32. The minimum absolute atomic E-state index is 0.0697. The number of aromatic nitrogens is 6. The molecular formula is C22H17N7O2S. The lowest BCUT2D eigenvalue weighted by Gasteiger charge is -2.35. The molecular weight excluding hydrogens is 426 g/mol. The molecule has 1 aromatic carbocycles. The van der Waals surface area contributed by atoms with Crippen LogP contribution in [0.1, 0.15) is 46.0 Å². The smallest absolute Gasteiger partial charge is 0.312 e. The third kappa shape index (κ3) is 2.99. The molecule has 0 fully saturated rings. The van der Waals surface area contributed by atoms with Gasteiger partial charge >= 0.3 is 11.8 Å². The molecule has 0 saturated heterocycles. The van der Waals surface area contributed by atoms with Gasteiger partial charge in [0.25, 0.3) is 5.89 Å². The molecule has 5 aromatic rings. The van der Waals surface area contributed by atoms with Crippen molar-refractivity contribution in [3.63, 3.8) is 0 Å². The number of pyridine rings is 1. The van der Waals surface area contributed by atoms with E-state index in [0.29, 0.717) is 12.2 Å². The SMILES string of the molecule is C[C@H]1CN(C(=O)c2nnc(-c3ccccn3)o2)[C@H](c2nc3ccccc3s2)c2nc[nH]c21. The van der Waals surface area contributed by atoms with Crippen LogP contribution in [0.4, 0.5) is 0 Å². The number of amides is 1. The third-order valence-electron chi connectivity index (χ3n) is 5.53. The van der Waals surface area contributed by atoms with Gasteiger partial charge in [-0.25, -0.2) is 9.97 Å². The van der Waals surface area contributed by atoms with Gasteiger partial charge in [0.05, 0.1) is 22.2 Å². The van der Waals surface area contributed by atoms with Gasteiger partial charge < -0.3 is 14.3 Å². The highest BCUT2D eigenvalue weighted by Crippen LogP contribution is 2.41. The summed E-state index contributed by atoms with van der Waals surface area (Å²) in [5.41, 5.74) is 3.22. The van der Waals surface area contributed by atoms with Crippen LogP contribution in [-0.2, 0) is 0 Å². The van der Waals surface area contributed by atoms with E-state index >= 15 is 0 Å². The molecule has 0 radical (unpaired) electrons. The Bertz CT molecular complexity index is 1390. The summed E-state index contributed by atoms with van der Waals surface area (Å²) in [6, 6.07) is 12.9. The molecule has 0 aliphatic carbocycles. The van der Waals surface area contributed by atoms with E-state index < -0.39 is 6.04 Å². The van der Waals surface area contributed by atoms with Crippen molar-refractivity contribution in [2.45, 2.75) is 18.9 Å². The second-order valence-electron chi connectivity index (χ2n) is 7.61. The number of thiazole rings is 1. The fourth-order valence-corrected chi connectivity index (χ4v) is 5.13. The van der Waals surface area contributed by atoms with Crippen LogP contribution in [0.3, 0.4) is 0 Å². The lowest BCUT2D eigenvalue weighted by Crippen LogP contribution is -2.42. The topological polar surface area (TPSA) is 114 Å². The number of nitrogens with one attached hydrogen (secondary N) is 1. The normalized spacial score (nSPS) is 18.1. The first-order valence-electron chi connectivity index (χ1n) is 10.1. The maximum atomic E-state index is 13.6. The number of rotatable bonds is 3. The molecule has 0 bridgehead atoms. The maximum absolute atomic E-state index is 13.6. The second-order valence-corrected chi connectivity index (χ2v) is 8.67. The molecule has 2 atom stereocenters. The number of benzene rings is 1. The highest BCUT2D eigenvalue weighted by atomic mass is 32.1. The number of carbonyl (C=O) groups excluding carboxylic acids is 1. The predicted octanol–water partition coefficient (Wildman–Crippen LogP) is 3.81. The number of fused-ring (bicyclic) bond motifs is 2. The van der Waals surface area contributed by atoms with Crippen LogP contribution < -0.4 is 0 Å². The monoisotopic (exact) mass is 443 g/mol. The van der Waals surface area contributed by atoms with E-state index in [9.17, 15) is 4.79 Å². The van der Waals surface area contributed by atoms with E-state index in [1.807, 2.05) is 30.3 Å². The fraction of sp³-hybridized carbons (Fsp3) is 0.182. The zero-order valence-corrected chi connectivity index (χ0v) is 17.8. The van der Waals surface area contributed by atoms with Gasteiger partial charge in [0.2, 0.25) is 0 Å². The molecule has 1 aliphatic heterocycles. The van der Waals surface area contributed by atoms with Crippen LogP contribution in [-0.4, -0.2) is 47.5 Å². The molecule has 0 spiro atoms. The van der Waals surface area contributed by atoms with Crippen LogP contribution in [0.15, 0.2) is 59.4 Å². The third-order valence-corrected chi connectivity index (χ3v) is 6.62. The zero-order valence-electron chi connectivity index (χ0n) is 17.0. The molecule has 1 amide bonds. The minimum atomic E-state index is -0.442. The molecule has 9 nitrogen and oxygen atoms in total. The van der Waals surface area contributed by atoms with Crippen LogP contribution in [0.2, 0.25) is 0 Å². The van der Waals surface area contributed by atoms with Crippen molar-refractivity contribution in [1.29, 1.82) is 0 Å². The van der Waals surface area contributed by atoms with Crippen molar-refractivity contribution in [2.75, 3.05) is 6.54 Å². The van der Waals surface area contributed by atoms with Crippen molar-refractivity contribution in [1.82, 2.24) is 35.0 Å². The van der Waals surface area contributed by atoms with Gasteiger partial charge in [-0.3, -0.25) is 9.78 Å². The fourth-order valence-electron chi connectivity index (χ4n) is 4.05. The van der Waals surface area contributed by atoms with Crippen molar-refractivity contribution in [2.24, 2.45) is 0 Å². The van der Waals surface area contributed by atoms with Crippen molar-refractivity contribution in [3.8, 4) is 11.6 Å². The molecule has 0 unspecified atom stereocenters. The van der Waals surface area contributed by atoms with Crippen LogP contribution >= 0.6 is 11.3 Å². The first-order valence-corrected chi connectivity index (χ1v) is 10.9. The van der Waals surface area contributed by atoms with Crippen LogP contribution in [0.25, 0.3) is 21.8 Å². The number of hydrogen-bond acceptors (Lipinski definition) is 8. The maximum Gasteiger partial charge on any atom is 0.312 e. The van der Waals surface area contributed by atoms with Gasteiger partial charge in [-0.1, -0.05) is 25.1 Å². The average molecular weight is 443 g/mol. The first kappa shape index (κ1) is 18.8. The highest BCUT2D eigenvalue weighted by Gasteiger charge is 2.41. The van der Waals surface area contributed by atoms with Gasteiger partial charge in [0.1, 0.15) is 16.7 Å². The van der Waals surface area contributed by atoms with E-state index in [1.165, 1.54) is 0 Å². The molecule has 5 heterocycles. The quantitative estimate of drug-likeness (QED) is 0.451. The van der Waals surface area contributed by atoms with E-state index in [0.717, 1.165) is 26.6 Å². The molecule has 158 valence electrons. The highest BCUT2D eigenvalue weighted by molar-refractivity contribution is 7.18. The number of nitrogens with zero attached hydrogens (tertiary/aromatic N) is 6. The summed E-state index contributed by atoms with van der Waals surface area (Å²) >= 11 is 1.55. The Morgan fingerprint density at radius 1 is 1.16 bits per heavy atom. The number of aromatic amines is 1. The van der Waals surface area contributed by atoms with Gasteiger partial charge in [-0.05, 0) is 24.3 Å². The Balaban J connectivity index is 1.42. The van der Waals surface area contributed by atoms with Gasteiger partial charge in [-0.2, -0.15) is 0 Å². The first-order chi connectivity index (χ1) is 15.7. The van der Waals surface area contributed by atoms with Gasteiger partial charge in [-0.15, -0.1) is 21.5 Å². The summed E-state index contributed by atoms with van der Waals surface area (Å²) < 4.78 is 6.77. The number of H-pyrrole nitrogens is 1. The van der Waals surface area contributed by atoms with E-state index in [1.54, 1.807) is 40.9 Å². The lowest BCUT2D eigenvalue weighted by atomic mass is 9.95. The molecule has 4 aromatic heterocycles. The van der Waals surface area contributed by atoms with Crippen molar-refractivity contribution < 1.29 is 9.21 Å². The number of imidazole rings is 1. The Labute approximate surface area is 186 Å². The minimum Gasteiger partial charge on any atom is -0.411 e. The zero-order chi connectivity index (χ0) is 21.7. The number of para-hydroxylation sites is 1. The molecule has 1 N–H and O–H groups in total. The summed E-state index contributed by atoms with van der Waals surface area (Å²) in [5, 5.41) is 8.84. The van der Waals surface area contributed by atoms with Crippen LogP contribution in [0.5, 0.6) is 0 Å². The summed E-state index contributed by atoms with van der Waals surface area (Å²) in [6.45, 7) is 2.52. The van der Waals surface area contributed by atoms with Crippen LogP contribution in [0, 0.1) is 0 Å². The number of hydrogen-bond donors (Lipinski definition) is 1. The Morgan fingerprint density at radius 2 is 2.03 bits per heavy atom. The standard InChI is InChI=1S/C22H17N7O2S/c1-12-10-29(22(30)20-28-27-19(31-20)14-7-4-5-9-23-14)18(17-16(12)24-11-25-17)21-26-13-6-2-3-8-15(13)32-21/h2-9,11-12,18H,10H2,1H3,(H,24,25)/t12-,18-/m0/s1. The lowest BCUT2D eigenvalue weighted by molar-refractivity contribution is 0.0633. The second kappa shape index (κ2) is 7.34. The molecule has 1 aliphatic rings. The average Bonchev–Trinajstić information content (AvgIpc) is 3.58. The van der Waals surface area contributed by atoms with Crippen molar-refractivity contribution >= 4 is 27.5 Å². The molecule has 6 rings (SSSR count). The largest absolute Gasteiger partial charge is 0.411 e. The Hall–Kier alpha value is -3.92. The van der Waals surface area contributed by atoms with Gasteiger partial charge in [0.15, 0.2) is 0 Å². The molecule has 0 saturated carbocycles. The van der Waals surface area contributed by atoms with Crippen molar-refractivity contribution in [3.05, 3.63) is 77.3 Å². The summed E-state index contributed by atoms with van der Waals surface area (Å²) in [6.07, 6.45) is 3.30. The summed E-state index contributed by atoms with van der Waals surface area (Å²) in [4.78, 5) is 32.1. The number of carbonyl (C=O) groups is 1. The Morgan fingerprint density at radius 3 is 2.88 bits per heavy atom. The van der Waals surface area contributed by atoms with E-state index in [2.05, 4.69) is 32.1 Å². The van der Waals surface area contributed by atoms with Gasteiger partial charge in [0, 0.05) is 24.4 Å². The summed E-state index contributed by atoms with van der Waals surface area (Å²) in [5.74, 6) is -0.163. The molecule has 10 heteroatoms. The summed E-state index contributed by atoms with van der Waals surface area (Å²) in [7, 11) is 0.